The van der Waals surface area contributed by atoms with Crippen molar-refractivity contribution in [1.82, 2.24) is 19.9 Å². The number of anilines is 1. The highest BCUT2D eigenvalue weighted by atomic mass is 16.2. The van der Waals surface area contributed by atoms with Crippen molar-refractivity contribution in [1.29, 1.82) is 0 Å². The molecule has 0 aromatic carbocycles. The van der Waals surface area contributed by atoms with Crippen LogP contribution in [0.4, 0.5) is 5.82 Å². The van der Waals surface area contributed by atoms with Crippen molar-refractivity contribution in [2.45, 2.75) is 32.7 Å². The second-order valence-corrected chi connectivity index (χ2v) is 5.89. The summed E-state index contributed by atoms with van der Waals surface area (Å²) >= 11 is 0. The summed E-state index contributed by atoms with van der Waals surface area (Å²) in [6, 6.07) is 7.78. The van der Waals surface area contributed by atoms with Crippen molar-refractivity contribution in [2.75, 3.05) is 18.4 Å². The van der Waals surface area contributed by atoms with Crippen LogP contribution in [0.1, 0.15) is 25.6 Å². The van der Waals surface area contributed by atoms with E-state index in [9.17, 15) is 4.79 Å². The molecule has 1 saturated heterocycles. The summed E-state index contributed by atoms with van der Waals surface area (Å²) in [6.45, 7) is 5.48. The van der Waals surface area contributed by atoms with Gasteiger partial charge in [-0.3, -0.25) is 9.78 Å². The van der Waals surface area contributed by atoms with Gasteiger partial charge in [0.2, 0.25) is 5.91 Å². The van der Waals surface area contributed by atoms with Gasteiger partial charge >= 0.3 is 0 Å². The Kier molecular flexibility index (Phi) is 4.50. The van der Waals surface area contributed by atoms with Crippen molar-refractivity contribution in [3.8, 4) is 11.4 Å². The van der Waals surface area contributed by atoms with Gasteiger partial charge in [0.05, 0.1) is 11.4 Å². The van der Waals surface area contributed by atoms with Crippen LogP contribution in [0.2, 0.25) is 0 Å². The molecule has 120 valence electrons. The minimum Gasteiger partial charge on any atom is -0.366 e. The molecule has 1 aliphatic heterocycles. The lowest BCUT2D eigenvalue weighted by molar-refractivity contribution is -0.127. The summed E-state index contributed by atoms with van der Waals surface area (Å²) < 4.78 is 0. The van der Waals surface area contributed by atoms with Crippen LogP contribution < -0.4 is 5.32 Å². The van der Waals surface area contributed by atoms with Crippen LogP contribution in [-0.2, 0) is 4.79 Å². The van der Waals surface area contributed by atoms with Crippen LogP contribution in [-0.4, -0.2) is 44.9 Å². The lowest BCUT2D eigenvalue weighted by Crippen LogP contribution is -2.35. The van der Waals surface area contributed by atoms with Gasteiger partial charge in [0.15, 0.2) is 0 Å². The maximum atomic E-state index is 11.7. The number of hydrogen-bond acceptors (Lipinski definition) is 5. The van der Waals surface area contributed by atoms with Crippen LogP contribution in [0.15, 0.2) is 30.5 Å². The van der Waals surface area contributed by atoms with E-state index in [-0.39, 0.29) is 11.9 Å². The number of pyridine rings is 1. The summed E-state index contributed by atoms with van der Waals surface area (Å²) in [5, 5.41) is 3.37. The highest BCUT2D eigenvalue weighted by Crippen LogP contribution is 2.18. The summed E-state index contributed by atoms with van der Waals surface area (Å²) in [4.78, 5) is 26.8. The number of aromatic nitrogens is 3. The standard InChI is InChI=1S/C17H21N5O/c1-12(11-22-9-5-7-17(22)23)19-16-10-15(20-13(2)21-16)14-6-3-4-8-18-14/h3-4,6,8,10,12H,5,7,9,11H2,1-2H3,(H,19,20,21). The second kappa shape index (κ2) is 6.73. The Balaban J connectivity index is 1.72. The average Bonchev–Trinajstić information content (AvgIpc) is 2.92. The molecule has 0 saturated carbocycles. The number of nitrogens with one attached hydrogen (secondary N) is 1. The number of aryl methyl sites for hydroxylation is 1. The van der Waals surface area contributed by atoms with Crippen LogP contribution in [0, 0.1) is 6.92 Å². The van der Waals surface area contributed by atoms with Crippen molar-refractivity contribution >= 4 is 11.7 Å². The molecule has 1 aliphatic rings. The van der Waals surface area contributed by atoms with E-state index in [4.69, 9.17) is 0 Å². The Labute approximate surface area is 136 Å². The van der Waals surface area contributed by atoms with Crippen molar-refractivity contribution in [3.05, 3.63) is 36.3 Å². The molecule has 3 rings (SSSR count). The molecule has 1 unspecified atom stereocenters. The molecule has 0 aliphatic carbocycles. The molecular formula is C17H21N5O. The zero-order valence-electron chi connectivity index (χ0n) is 13.5. The fourth-order valence-electron chi connectivity index (χ4n) is 2.81. The van der Waals surface area contributed by atoms with Crippen LogP contribution in [0.3, 0.4) is 0 Å². The van der Waals surface area contributed by atoms with Gasteiger partial charge in [0.1, 0.15) is 11.6 Å². The molecule has 3 heterocycles. The van der Waals surface area contributed by atoms with E-state index in [1.165, 1.54) is 0 Å². The van der Waals surface area contributed by atoms with Gasteiger partial charge in [0.25, 0.3) is 0 Å². The molecule has 0 spiro atoms. The van der Waals surface area contributed by atoms with E-state index in [2.05, 4.69) is 27.2 Å². The Hall–Kier alpha value is -2.50. The van der Waals surface area contributed by atoms with Gasteiger partial charge in [-0.25, -0.2) is 9.97 Å². The molecule has 1 atom stereocenters. The lowest BCUT2D eigenvalue weighted by Gasteiger charge is -2.22. The third kappa shape index (κ3) is 3.83. The van der Waals surface area contributed by atoms with Gasteiger partial charge in [0, 0.05) is 37.8 Å². The quantitative estimate of drug-likeness (QED) is 0.917. The van der Waals surface area contributed by atoms with Gasteiger partial charge in [-0.15, -0.1) is 0 Å². The number of carbonyl (C=O) groups excluding carboxylic acids is 1. The van der Waals surface area contributed by atoms with Gasteiger partial charge in [-0.1, -0.05) is 6.07 Å². The summed E-state index contributed by atoms with van der Waals surface area (Å²) in [5.41, 5.74) is 1.62. The number of hydrogen-bond donors (Lipinski definition) is 1. The van der Waals surface area contributed by atoms with E-state index in [0.29, 0.717) is 18.8 Å². The normalized spacial score (nSPS) is 15.7. The minimum absolute atomic E-state index is 0.128. The summed E-state index contributed by atoms with van der Waals surface area (Å²) in [5.74, 6) is 1.70. The maximum absolute atomic E-state index is 11.7. The third-order valence-electron chi connectivity index (χ3n) is 3.83. The Morgan fingerprint density at radius 3 is 2.87 bits per heavy atom. The molecule has 0 radical (unpaired) electrons. The van der Waals surface area contributed by atoms with Crippen molar-refractivity contribution in [3.63, 3.8) is 0 Å². The average molecular weight is 311 g/mol. The summed E-state index contributed by atoms with van der Waals surface area (Å²) in [6.07, 6.45) is 3.38. The predicted octanol–water partition coefficient (Wildman–Crippen LogP) is 2.27. The van der Waals surface area contributed by atoms with Crippen LogP contribution in [0.25, 0.3) is 11.4 Å². The highest BCUT2D eigenvalue weighted by Gasteiger charge is 2.21. The number of amides is 1. The maximum Gasteiger partial charge on any atom is 0.222 e. The SMILES string of the molecule is Cc1nc(NC(C)CN2CCCC2=O)cc(-c2ccccn2)n1. The van der Waals surface area contributed by atoms with Crippen LogP contribution in [0.5, 0.6) is 0 Å². The number of nitrogens with zero attached hydrogens (tertiary/aromatic N) is 4. The first-order valence-electron chi connectivity index (χ1n) is 7.93. The third-order valence-corrected chi connectivity index (χ3v) is 3.83. The van der Waals surface area contributed by atoms with E-state index in [1.807, 2.05) is 36.1 Å². The first kappa shape index (κ1) is 15.4. The molecule has 1 N–H and O–H groups in total. The van der Waals surface area contributed by atoms with E-state index in [1.54, 1.807) is 6.20 Å². The molecule has 1 amide bonds. The smallest absolute Gasteiger partial charge is 0.222 e. The van der Waals surface area contributed by atoms with Crippen molar-refractivity contribution < 1.29 is 4.79 Å². The minimum atomic E-state index is 0.128. The van der Waals surface area contributed by atoms with Crippen LogP contribution >= 0.6 is 0 Å². The van der Waals surface area contributed by atoms with Crippen molar-refractivity contribution in [2.24, 2.45) is 0 Å². The number of carbonyl (C=O) groups is 1. The first-order valence-corrected chi connectivity index (χ1v) is 7.93. The predicted molar refractivity (Wildman–Crippen MR) is 88.9 cm³/mol. The molecule has 1 fully saturated rings. The first-order chi connectivity index (χ1) is 11.1. The highest BCUT2D eigenvalue weighted by molar-refractivity contribution is 5.78. The van der Waals surface area contributed by atoms with Gasteiger partial charge in [-0.2, -0.15) is 0 Å². The van der Waals surface area contributed by atoms with Gasteiger partial charge < -0.3 is 10.2 Å². The lowest BCUT2D eigenvalue weighted by atomic mass is 10.2. The second-order valence-electron chi connectivity index (χ2n) is 5.89. The monoisotopic (exact) mass is 311 g/mol. The molecule has 6 heteroatoms. The number of likely N-dealkylation sites (tertiary alicyclic amines) is 1. The summed E-state index contributed by atoms with van der Waals surface area (Å²) in [7, 11) is 0. The fourth-order valence-corrected chi connectivity index (χ4v) is 2.81. The van der Waals surface area contributed by atoms with E-state index >= 15 is 0 Å². The largest absolute Gasteiger partial charge is 0.366 e. The Morgan fingerprint density at radius 2 is 2.17 bits per heavy atom. The molecule has 0 bridgehead atoms. The molecule has 2 aromatic heterocycles. The van der Waals surface area contributed by atoms with Gasteiger partial charge in [-0.05, 0) is 32.4 Å². The Morgan fingerprint density at radius 1 is 1.30 bits per heavy atom. The molecular weight excluding hydrogens is 290 g/mol. The topological polar surface area (TPSA) is 71.0 Å². The zero-order valence-corrected chi connectivity index (χ0v) is 13.5. The molecule has 23 heavy (non-hydrogen) atoms. The fraction of sp³-hybridized carbons (Fsp3) is 0.412. The molecule has 6 nitrogen and oxygen atoms in total. The number of rotatable bonds is 5. The van der Waals surface area contributed by atoms with E-state index < -0.39 is 0 Å². The zero-order chi connectivity index (χ0) is 16.2. The Bertz CT molecular complexity index is 689. The van der Waals surface area contributed by atoms with E-state index in [0.717, 1.165) is 30.2 Å². The molecule has 2 aromatic rings.